The summed E-state index contributed by atoms with van der Waals surface area (Å²) in [6.07, 6.45) is -0.915. The number of hydrogen-bond donors (Lipinski definition) is 1. The minimum absolute atomic E-state index is 0.0361. The van der Waals surface area contributed by atoms with E-state index in [4.69, 9.17) is 0 Å². The van der Waals surface area contributed by atoms with Gasteiger partial charge in [0.1, 0.15) is 17.9 Å². The SMILES string of the molecule is O=C1CC2(CCN(C(=O)Cn3cc4cc(CC(=O)c5cccc(C(F)(F)F)n5)ccc4n3)CC2)CN1. The molecule has 2 aliphatic heterocycles. The second kappa shape index (κ2) is 9.03. The number of likely N-dealkylation sites (tertiary alicyclic amines) is 1. The molecule has 1 N–H and O–H groups in total. The van der Waals surface area contributed by atoms with Gasteiger partial charge in [0.2, 0.25) is 11.8 Å². The molecular formula is C25H24F3N5O3. The number of piperidine rings is 1. The average Bonchev–Trinajstić information content (AvgIpc) is 3.41. The molecule has 0 unspecified atom stereocenters. The summed E-state index contributed by atoms with van der Waals surface area (Å²) in [6, 6.07) is 8.40. The van der Waals surface area contributed by atoms with Crippen molar-refractivity contribution in [3.05, 3.63) is 59.5 Å². The van der Waals surface area contributed by atoms with Crippen LogP contribution in [0.15, 0.2) is 42.6 Å². The molecule has 8 nitrogen and oxygen atoms in total. The second-order valence-corrected chi connectivity index (χ2v) is 9.56. The summed E-state index contributed by atoms with van der Waals surface area (Å²) in [5, 5.41) is 8.04. The number of nitrogens with zero attached hydrogens (tertiary/aromatic N) is 4. The molecule has 2 saturated heterocycles. The Morgan fingerprint density at radius 2 is 1.89 bits per heavy atom. The van der Waals surface area contributed by atoms with Crippen molar-refractivity contribution < 1.29 is 27.6 Å². The zero-order valence-corrected chi connectivity index (χ0v) is 19.3. The number of carbonyl (C=O) groups is 3. The summed E-state index contributed by atoms with van der Waals surface area (Å²) in [6.45, 7) is 1.95. The maximum atomic E-state index is 12.9. The van der Waals surface area contributed by atoms with Crippen molar-refractivity contribution in [2.24, 2.45) is 5.41 Å². The van der Waals surface area contributed by atoms with Gasteiger partial charge in [0.15, 0.2) is 5.78 Å². The number of nitrogens with one attached hydrogen (secondary N) is 1. The third kappa shape index (κ3) is 4.95. The molecule has 0 aliphatic carbocycles. The normalized spacial score (nSPS) is 17.5. The monoisotopic (exact) mass is 499 g/mol. The molecule has 4 heterocycles. The van der Waals surface area contributed by atoms with Crippen LogP contribution in [-0.2, 0) is 28.7 Å². The van der Waals surface area contributed by atoms with Gasteiger partial charge in [-0.05, 0) is 48.1 Å². The fraction of sp³-hybridized carbons (Fsp3) is 0.400. The van der Waals surface area contributed by atoms with Crippen molar-refractivity contribution in [1.29, 1.82) is 0 Å². The van der Waals surface area contributed by atoms with E-state index >= 15 is 0 Å². The Labute approximate surface area is 204 Å². The zero-order valence-electron chi connectivity index (χ0n) is 19.3. The highest BCUT2D eigenvalue weighted by atomic mass is 19.4. The van der Waals surface area contributed by atoms with E-state index in [9.17, 15) is 27.6 Å². The highest BCUT2D eigenvalue weighted by Gasteiger charge is 2.41. The minimum Gasteiger partial charge on any atom is -0.356 e. The lowest BCUT2D eigenvalue weighted by atomic mass is 9.77. The first-order valence-electron chi connectivity index (χ1n) is 11.7. The third-order valence-corrected chi connectivity index (χ3v) is 6.98. The number of fused-ring (bicyclic) bond motifs is 1. The number of pyridine rings is 1. The Morgan fingerprint density at radius 3 is 2.58 bits per heavy atom. The molecule has 2 amide bonds. The third-order valence-electron chi connectivity index (χ3n) is 6.98. The number of rotatable bonds is 5. The van der Waals surface area contributed by atoms with Gasteiger partial charge in [-0.3, -0.25) is 19.1 Å². The van der Waals surface area contributed by atoms with Crippen molar-refractivity contribution in [2.45, 2.75) is 38.4 Å². The number of carbonyl (C=O) groups excluding carboxylic acids is 3. The van der Waals surface area contributed by atoms with Crippen LogP contribution in [0.25, 0.3) is 10.9 Å². The van der Waals surface area contributed by atoms with Crippen LogP contribution in [0.4, 0.5) is 13.2 Å². The lowest BCUT2D eigenvalue weighted by Crippen LogP contribution is -2.45. The van der Waals surface area contributed by atoms with Gasteiger partial charge in [-0.2, -0.15) is 18.3 Å². The Kier molecular flexibility index (Phi) is 6.01. The molecule has 2 fully saturated rings. The van der Waals surface area contributed by atoms with Crippen LogP contribution >= 0.6 is 0 Å². The molecule has 2 aliphatic rings. The van der Waals surface area contributed by atoms with Crippen LogP contribution in [0.3, 0.4) is 0 Å². The predicted octanol–water partition coefficient (Wildman–Crippen LogP) is 3.00. The fourth-order valence-electron chi connectivity index (χ4n) is 4.92. The van der Waals surface area contributed by atoms with E-state index in [1.54, 1.807) is 34.0 Å². The Balaban J connectivity index is 1.22. The average molecular weight is 499 g/mol. The van der Waals surface area contributed by atoms with Crippen LogP contribution in [0.2, 0.25) is 0 Å². The highest BCUT2D eigenvalue weighted by molar-refractivity contribution is 5.96. The molecule has 0 atom stereocenters. The van der Waals surface area contributed by atoms with Gasteiger partial charge < -0.3 is 10.2 Å². The largest absolute Gasteiger partial charge is 0.433 e. The Hall–Kier alpha value is -3.76. The topological polar surface area (TPSA) is 97.2 Å². The summed E-state index contributed by atoms with van der Waals surface area (Å²) in [5.41, 5.74) is -0.131. The molecular weight excluding hydrogens is 475 g/mol. The van der Waals surface area contributed by atoms with Crippen molar-refractivity contribution >= 4 is 28.5 Å². The molecule has 0 saturated carbocycles. The number of benzene rings is 1. The van der Waals surface area contributed by atoms with Gasteiger partial charge in [0.25, 0.3) is 0 Å². The van der Waals surface area contributed by atoms with Gasteiger partial charge in [-0.25, -0.2) is 4.98 Å². The maximum Gasteiger partial charge on any atom is 0.433 e. The van der Waals surface area contributed by atoms with Gasteiger partial charge in [0, 0.05) is 44.1 Å². The maximum absolute atomic E-state index is 12.9. The molecule has 5 rings (SSSR count). The lowest BCUT2D eigenvalue weighted by molar-refractivity contribution is -0.141. The summed E-state index contributed by atoms with van der Waals surface area (Å²) in [7, 11) is 0. The van der Waals surface area contributed by atoms with Gasteiger partial charge >= 0.3 is 6.18 Å². The van der Waals surface area contributed by atoms with Gasteiger partial charge in [-0.15, -0.1) is 0 Å². The standard InChI is InChI=1S/C25H24F3N5O3/c26-25(27,28)21-3-1-2-19(30-21)20(34)11-16-4-5-18-17(10-16)13-33(31-18)14-23(36)32-8-6-24(7-9-32)12-22(35)29-15-24/h1-5,10,13H,6-9,11-12,14-15H2,(H,29,35). The lowest BCUT2D eigenvalue weighted by Gasteiger charge is -2.38. The van der Waals surface area contributed by atoms with E-state index < -0.39 is 17.7 Å². The first-order chi connectivity index (χ1) is 17.1. The molecule has 1 aromatic carbocycles. The van der Waals surface area contributed by atoms with Crippen LogP contribution in [0, 0.1) is 5.41 Å². The quantitative estimate of drug-likeness (QED) is 0.545. The summed E-state index contributed by atoms with van der Waals surface area (Å²) in [4.78, 5) is 42.2. The predicted molar refractivity (Wildman–Crippen MR) is 123 cm³/mol. The van der Waals surface area contributed by atoms with Crippen LogP contribution < -0.4 is 5.32 Å². The zero-order chi connectivity index (χ0) is 25.5. The second-order valence-electron chi connectivity index (χ2n) is 9.56. The van der Waals surface area contributed by atoms with Crippen molar-refractivity contribution in [3.63, 3.8) is 0 Å². The molecule has 0 radical (unpaired) electrons. The molecule has 1 spiro atoms. The minimum atomic E-state index is -4.62. The molecule has 2 aromatic heterocycles. The van der Waals surface area contributed by atoms with Crippen LogP contribution in [-0.4, -0.2) is 56.9 Å². The number of halogens is 3. The number of hydrogen-bond acceptors (Lipinski definition) is 5. The Bertz CT molecular complexity index is 1340. The fourth-order valence-corrected chi connectivity index (χ4v) is 4.92. The molecule has 0 bridgehead atoms. The van der Waals surface area contributed by atoms with E-state index in [1.165, 1.54) is 12.1 Å². The molecule has 188 valence electrons. The van der Waals surface area contributed by atoms with Crippen molar-refractivity contribution in [1.82, 2.24) is 25.0 Å². The smallest absolute Gasteiger partial charge is 0.356 e. The van der Waals surface area contributed by atoms with Gasteiger partial charge in [0.05, 0.1) is 5.52 Å². The summed E-state index contributed by atoms with van der Waals surface area (Å²) in [5.74, 6) is -0.504. The number of Topliss-reactive ketones (excluding diaryl/α,β-unsaturated/α-hetero) is 1. The molecule has 3 aromatic rings. The first-order valence-corrected chi connectivity index (χ1v) is 11.7. The van der Waals surface area contributed by atoms with Crippen molar-refractivity contribution in [3.8, 4) is 0 Å². The van der Waals surface area contributed by atoms with E-state index in [2.05, 4.69) is 15.4 Å². The van der Waals surface area contributed by atoms with E-state index in [0.29, 0.717) is 37.1 Å². The number of ketones is 1. The summed E-state index contributed by atoms with van der Waals surface area (Å²) >= 11 is 0. The van der Waals surface area contributed by atoms with Crippen LogP contribution in [0.5, 0.6) is 0 Å². The first kappa shape index (κ1) is 24.0. The number of aromatic nitrogens is 3. The summed E-state index contributed by atoms with van der Waals surface area (Å²) < 4.78 is 40.3. The molecule has 36 heavy (non-hydrogen) atoms. The van der Waals surface area contributed by atoms with E-state index in [-0.39, 0.29) is 35.9 Å². The van der Waals surface area contributed by atoms with Crippen molar-refractivity contribution in [2.75, 3.05) is 19.6 Å². The van der Waals surface area contributed by atoms with Crippen LogP contribution in [0.1, 0.15) is 41.0 Å². The number of amides is 2. The van der Waals surface area contributed by atoms with E-state index in [0.717, 1.165) is 24.3 Å². The number of alkyl halides is 3. The van der Waals surface area contributed by atoms with Gasteiger partial charge in [-0.1, -0.05) is 12.1 Å². The Morgan fingerprint density at radius 1 is 1.11 bits per heavy atom. The molecule has 11 heteroatoms. The highest BCUT2D eigenvalue weighted by Crippen LogP contribution is 2.37. The van der Waals surface area contributed by atoms with E-state index in [1.807, 2.05) is 0 Å².